The maximum Gasteiger partial charge on any atom is 0.0489 e. The standard InChI is InChI=1S/C12H15BrN2/c1-8(14)5-9-3-4-12-10(6-9)11(13)7-15(12)2/h3-4,6-8H,5,14H2,1-2H3. The molecule has 2 N–H and O–H groups in total. The summed E-state index contributed by atoms with van der Waals surface area (Å²) in [5.41, 5.74) is 8.34. The Kier molecular flexibility index (Phi) is 2.85. The van der Waals surface area contributed by atoms with Crippen molar-refractivity contribution < 1.29 is 0 Å². The van der Waals surface area contributed by atoms with Gasteiger partial charge in [-0.05, 0) is 47.0 Å². The van der Waals surface area contributed by atoms with Gasteiger partial charge < -0.3 is 10.3 Å². The monoisotopic (exact) mass is 266 g/mol. The SMILES string of the molecule is CC(N)Cc1ccc2c(c1)c(Br)cn2C. The van der Waals surface area contributed by atoms with Crippen LogP contribution in [0.3, 0.4) is 0 Å². The van der Waals surface area contributed by atoms with Crippen molar-refractivity contribution >= 4 is 26.8 Å². The smallest absolute Gasteiger partial charge is 0.0489 e. The number of nitrogens with zero attached hydrogens (tertiary/aromatic N) is 1. The number of aryl methyl sites for hydroxylation is 1. The molecule has 1 aromatic heterocycles. The quantitative estimate of drug-likeness (QED) is 0.891. The highest BCUT2D eigenvalue weighted by Gasteiger charge is 2.05. The van der Waals surface area contributed by atoms with Gasteiger partial charge in [0.05, 0.1) is 0 Å². The molecule has 1 unspecified atom stereocenters. The molecule has 0 saturated heterocycles. The predicted molar refractivity (Wildman–Crippen MR) is 68.0 cm³/mol. The number of aromatic nitrogens is 1. The summed E-state index contributed by atoms with van der Waals surface area (Å²) in [6.45, 7) is 2.03. The lowest BCUT2D eigenvalue weighted by molar-refractivity contribution is 0.739. The molecule has 2 nitrogen and oxygen atoms in total. The minimum absolute atomic E-state index is 0.213. The average molecular weight is 267 g/mol. The van der Waals surface area contributed by atoms with Crippen molar-refractivity contribution in [2.45, 2.75) is 19.4 Å². The van der Waals surface area contributed by atoms with Gasteiger partial charge in [0, 0.05) is 34.7 Å². The van der Waals surface area contributed by atoms with E-state index in [1.807, 2.05) is 6.92 Å². The fourth-order valence-corrected chi connectivity index (χ4v) is 2.51. The van der Waals surface area contributed by atoms with Crippen molar-refractivity contribution in [3.8, 4) is 0 Å². The summed E-state index contributed by atoms with van der Waals surface area (Å²) in [7, 11) is 2.05. The number of hydrogen-bond donors (Lipinski definition) is 1. The first kappa shape index (κ1) is 10.7. The molecule has 3 heteroatoms. The normalized spacial score (nSPS) is 13.3. The lowest BCUT2D eigenvalue weighted by Gasteiger charge is -2.05. The molecule has 80 valence electrons. The van der Waals surface area contributed by atoms with Crippen LogP contribution >= 0.6 is 15.9 Å². The molecule has 2 rings (SSSR count). The van der Waals surface area contributed by atoms with Crippen LogP contribution < -0.4 is 5.73 Å². The van der Waals surface area contributed by atoms with Crippen LogP contribution in [-0.2, 0) is 13.5 Å². The molecule has 1 aromatic carbocycles. The van der Waals surface area contributed by atoms with Crippen molar-refractivity contribution in [2.75, 3.05) is 0 Å². The van der Waals surface area contributed by atoms with E-state index in [1.54, 1.807) is 0 Å². The lowest BCUT2D eigenvalue weighted by Crippen LogP contribution is -2.17. The number of rotatable bonds is 2. The van der Waals surface area contributed by atoms with Crippen molar-refractivity contribution in [3.63, 3.8) is 0 Å². The molecular weight excluding hydrogens is 252 g/mol. The number of fused-ring (bicyclic) bond motifs is 1. The van der Waals surface area contributed by atoms with E-state index in [1.165, 1.54) is 16.5 Å². The molecule has 0 aliphatic carbocycles. The zero-order valence-corrected chi connectivity index (χ0v) is 10.6. The van der Waals surface area contributed by atoms with Gasteiger partial charge in [0.15, 0.2) is 0 Å². The van der Waals surface area contributed by atoms with Crippen LogP contribution in [0, 0.1) is 0 Å². The van der Waals surface area contributed by atoms with E-state index < -0.39 is 0 Å². The van der Waals surface area contributed by atoms with Gasteiger partial charge in [0.2, 0.25) is 0 Å². The van der Waals surface area contributed by atoms with E-state index in [0.717, 1.165) is 10.9 Å². The summed E-state index contributed by atoms with van der Waals surface area (Å²) in [5, 5.41) is 1.26. The third-order valence-corrected chi connectivity index (χ3v) is 3.19. The summed E-state index contributed by atoms with van der Waals surface area (Å²) in [6, 6.07) is 6.73. The molecule has 0 aliphatic rings. The number of halogens is 1. The maximum absolute atomic E-state index is 5.79. The first-order valence-corrected chi connectivity index (χ1v) is 5.86. The molecule has 0 amide bonds. The van der Waals surface area contributed by atoms with E-state index in [0.29, 0.717) is 0 Å². The van der Waals surface area contributed by atoms with Gasteiger partial charge in [-0.25, -0.2) is 0 Å². The molecule has 0 saturated carbocycles. The topological polar surface area (TPSA) is 30.9 Å². The Morgan fingerprint density at radius 3 is 2.87 bits per heavy atom. The Balaban J connectivity index is 2.50. The second-order valence-corrected chi connectivity index (χ2v) is 4.98. The number of hydrogen-bond acceptors (Lipinski definition) is 1. The number of nitrogens with two attached hydrogens (primary N) is 1. The summed E-state index contributed by atoms with van der Waals surface area (Å²) >= 11 is 3.57. The Bertz CT molecular complexity index is 486. The van der Waals surface area contributed by atoms with Gasteiger partial charge in [-0.3, -0.25) is 0 Å². The zero-order valence-electron chi connectivity index (χ0n) is 9.00. The zero-order chi connectivity index (χ0) is 11.0. The highest BCUT2D eigenvalue weighted by atomic mass is 79.9. The second-order valence-electron chi connectivity index (χ2n) is 4.12. The molecule has 0 spiro atoms. The van der Waals surface area contributed by atoms with E-state index in [4.69, 9.17) is 5.73 Å². The molecule has 0 radical (unpaired) electrons. The summed E-state index contributed by atoms with van der Waals surface area (Å²) in [4.78, 5) is 0. The first-order chi connectivity index (χ1) is 7.08. The lowest BCUT2D eigenvalue weighted by atomic mass is 10.1. The molecule has 0 aliphatic heterocycles. The van der Waals surface area contributed by atoms with Crippen molar-refractivity contribution in [3.05, 3.63) is 34.4 Å². The third kappa shape index (κ3) is 2.08. The Morgan fingerprint density at radius 1 is 1.47 bits per heavy atom. The van der Waals surface area contributed by atoms with Crippen LogP contribution in [0.25, 0.3) is 10.9 Å². The highest BCUT2D eigenvalue weighted by Crippen LogP contribution is 2.26. The van der Waals surface area contributed by atoms with Gasteiger partial charge in [-0.2, -0.15) is 0 Å². The first-order valence-electron chi connectivity index (χ1n) is 5.07. The Morgan fingerprint density at radius 2 is 2.20 bits per heavy atom. The fourth-order valence-electron chi connectivity index (χ4n) is 1.89. The van der Waals surface area contributed by atoms with Crippen molar-refractivity contribution in [2.24, 2.45) is 12.8 Å². The van der Waals surface area contributed by atoms with E-state index >= 15 is 0 Å². The van der Waals surface area contributed by atoms with Gasteiger partial charge in [0.1, 0.15) is 0 Å². The molecule has 0 fully saturated rings. The summed E-state index contributed by atoms with van der Waals surface area (Å²) in [5.74, 6) is 0. The summed E-state index contributed by atoms with van der Waals surface area (Å²) in [6.07, 6.45) is 3.01. The van der Waals surface area contributed by atoms with Crippen LogP contribution in [0.15, 0.2) is 28.9 Å². The minimum atomic E-state index is 0.213. The molecular formula is C12H15BrN2. The van der Waals surface area contributed by atoms with Gasteiger partial charge in [-0.15, -0.1) is 0 Å². The van der Waals surface area contributed by atoms with Gasteiger partial charge in [0.25, 0.3) is 0 Å². The van der Waals surface area contributed by atoms with E-state index in [2.05, 4.69) is 51.9 Å². The molecule has 1 atom stereocenters. The van der Waals surface area contributed by atoms with Crippen molar-refractivity contribution in [1.82, 2.24) is 4.57 Å². The van der Waals surface area contributed by atoms with Gasteiger partial charge >= 0.3 is 0 Å². The fraction of sp³-hybridized carbons (Fsp3) is 0.333. The van der Waals surface area contributed by atoms with Crippen LogP contribution in [0.2, 0.25) is 0 Å². The molecule has 15 heavy (non-hydrogen) atoms. The molecule has 2 aromatic rings. The number of benzene rings is 1. The largest absolute Gasteiger partial charge is 0.349 e. The average Bonchev–Trinajstić information content (AvgIpc) is 2.41. The maximum atomic E-state index is 5.79. The summed E-state index contributed by atoms with van der Waals surface area (Å²) < 4.78 is 3.27. The van der Waals surface area contributed by atoms with Crippen molar-refractivity contribution in [1.29, 1.82) is 0 Å². The van der Waals surface area contributed by atoms with Crippen LogP contribution in [-0.4, -0.2) is 10.6 Å². The van der Waals surface area contributed by atoms with Crippen LogP contribution in [0.5, 0.6) is 0 Å². The molecule has 1 heterocycles. The minimum Gasteiger partial charge on any atom is -0.349 e. The van der Waals surface area contributed by atoms with Crippen LogP contribution in [0.4, 0.5) is 0 Å². The predicted octanol–water partition coefficient (Wildman–Crippen LogP) is 2.83. The van der Waals surface area contributed by atoms with E-state index in [9.17, 15) is 0 Å². The van der Waals surface area contributed by atoms with Crippen LogP contribution in [0.1, 0.15) is 12.5 Å². The third-order valence-electron chi connectivity index (χ3n) is 2.56. The molecule has 0 bridgehead atoms. The Labute approximate surface area is 98.2 Å². The second kappa shape index (κ2) is 3.99. The van der Waals surface area contributed by atoms with E-state index in [-0.39, 0.29) is 6.04 Å². The highest BCUT2D eigenvalue weighted by molar-refractivity contribution is 9.10. The Hall–Kier alpha value is -0.800. The van der Waals surface area contributed by atoms with Gasteiger partial charge in [-0.1, -0.05) is 6.07 Å².